The summed E-state index contributed by atoms with van der Waals surface area (Å²) >= 11 is 0. The van der Waals surface area contributed by atoms with Crippen molar-refractivity contribution < 1.29 is 0 Å². The summed E-state index contributed by atoms with van der Waals surface area (Å²) in [6, 6.07) is 3.37. The molecule has 32 valence electrons. The van der Waals surface area contributed by atoms with Gasteiger partial charge in [0.15, 0.2) is 6.07 Å². The number of nitrogens with zero attached hydrogens (tertiary/aromatic N) is 2. The molecule has 0 radical (unpaired) electrons. The highest BCUT2D eigenvalue weighted by atomic mass is 14.2. The van der Waals surface area contributed by atoms with Crippen LogP contribution in [-0.2, 0) is 0 Å². The molecule has 2 heteroatoms. The summed E-state index contributed by atoms with van der Waals surface area (Å²) in [6.45, 7) is 0. The van der Waals surface area contributed by atoms with Gasteiger partial charge in [-0.25, -0.2) is 0 Å². The maximum atomic E-state index is 7.83. The first-order valence-electron chi connectivity index (χ1n) is 1.65. The van der Waals surface area contributed by atoms with E-state index in [-0.39, 0.29) is 6.42 Å². The molecule has 0 saturated carbocycles. The van der Waals surface area contributed by atoms with E-state index < -0.39 is 0 Å². The minimum absolute atomic E-state index is 0.146. The van der Waals surface area contributed by atoms with Gasteiger partial charge in [0.1, 0.15) is 0 Å². The van der Waals surface area contributed by atoms with Gasteiger partial charge in [-0.05, 0) is 0 Å². The fraction of sp³-hybridized carbons (Fsp3) is 0.200. The third-order valence-corrected chi connectivity index (χ3v) is 0.312. The minimum Gasteiger partial charge on any atom is -0.197 e. The fourth-order valence-corrected chi connectivity index (χ4v) is 0.123. The molecule has 0 aromatic carbocycles. The smallest absolute Gasteiger partial charge is 0.152 e. The van der Waals surface area contributed by atoms with Crippen LogP contribution in [0, 0.1) is 34.5 Å². The second-order valence-electron chi connectivity index (χ2n) is 0.748. The molecule has 0 aliphatic rings. The monoisotopic (exact) mass is 90.0 g/mol. The predicted molar refractivity (Wildman–Crippen MR) is 23.6 cm³/mol. The molecule has 0 spiro atoms. The van der Waals surface area contributed by atoms with Crippen molar-refractivity contribution in [3.8, 4) is 24.0 Å². The maximum Gasteiger partial charge on any atom is 0.152 e. The van der Waals surface area contributed by atoms with E-state index in [0.717, 1.165) is 0 Å². The zero-order valence-electron chi connectivity index (χ0n) is 3.60. The Morgan fingerprint density at radius 1 is 1.29 bits per heavy atom. The summed E-state index contributed by atoms with van der Waals surface area (Å²) in [5, 5.41) is 15.6. The molecule has 7 heavy (non-hydrogen) atoms. The van der Waals surface area contributed by atoms with Crippen LogP contribution in [0.2, 0.25) is 0 Å². The van der Waals surface area contributed by atoms with Crippen molar-refractivity contribution in [2.75, 3.05) is 0 Å². The van der Waals surface area contributed by atoms with Crippen molar-refractivity contribution in [3.05, 3.63) is 0 Å². The first-order valence-corrected chi connectivity index (χ1v) is 1.65. The molecule has 0 N–H and O–H groups in total. The Morgan fingerprint density at radius 2 is 2.00 bits per heavy atom. The molecule has 0 fully saturated rings. The average molecular weight is 90.1 g/mol. The van der Waals surface area contributed by atoms with E-state index in [1.165, 1.54) is 0 Å². The largest absolute Gasteiger partial charge is 0.197 e. The molecule has 0 bridgehead atoms. The van der Waals surface area contributed by atoms with Crippen molar-refractivity contribution in [2.45, 2.75) is 6.42 Å². The molecular formula is C5H2N2. The Morgan fingerprint density at radius 3 is 2.43 bits per heavy atom. The van der Waals surface area contributed by atoms with Crippen LogP contribution in [0.25, 0.3) is 0 Å². The van der Waals surface area contributed by atoms with Crippen molar-refractivity contribution in [1.29, 1.82) is 10.5 Å². The lowest BCUT2D eigenvalue weighted by atomic mass is 10.5. The number of hydrogen-bond acceptors (Lipinski definition) is 2. The molecule has 0 unspecified atom stereocenters. The van der Waals surface area contributed by atoms with Crippen molar-refractivity contribution in [1.82, 2.24) is 0 Å². The van der Waals surface area contributed by atoms with Gasteiger partial charge in [-0.3, -0.25) is 0 Å². The lowest BCUT2D eigenvalue weighted by Crippen LogP contribution is -1.53. The maximum absolute atomic E-state index is 7.83. The highest BCUT2D eigenvalue weighted by Gasteiger charge is 1.62. The highest BCUT2D eigenvalue weighted by molar-refractivity contribution is 5.18. The molecule has 0 aromatic heterocycles. The lowest BCUT2D eigenvalue weighted by Gasteiger charge is -1.55. The molecular weight excluding hydrogens is 88.1 g/mol. The Bertz CT molecular complexity index is 169. The third-order valence-electron chi connectivity index (χ3n) is 0.312. The van der Waals surface area contributed by atoms with E-state index in [2.05, 4.69) is 11.8 Å². The predicted octanol–water partition coefficient (Wildman–Crippen LogP) is 0.427. The molecule has 0 aliphatic heterocycles. The summed E-state index contributed by atoms with van der Waals surface area (Å²) < 4.78 is 0. The molecule has 0 rings (SSSR count). The van der Waals surface area contributed by atoms with Crippen molar-refractivity contribution >= 4 is 0 Å². The number of hydrogen-bond donors (Lipinski definition) is 0. The van der Waals surface area contributed by atoms with E-state index in [1.807, 2.05) is 0 Å². The second-order valence-corrected chi connectivity index (χ2v) is 0.748. The minimum atomic E-state index is 0.146. The van der Waals surface area contributed by atoms with Crippen LogP contribution in [-0.4, -0.2) is 0 Å². The number of nitriles is 2. The molecule has 2 nitrogen and oxygen atoms in total. The Balaban J connectivity index is 3.37. The van der Waals surface area contributed by atoms with Crippen LogP contribution in [0.1, 0.15) is 6.42 Å². The van der Waals surface area contributed by atoms with Crippen molar-refractivity contribution in [2.24, 2.45) is 0 Å². The van der Waals surface area contributed by atoms with Gasteiger partial charge in [-0.15, -0.1) is 0 Å². The van der Waals surface area contributed by atoms with Crippen LogP contribution >= 0.6 is 0 Å². The molecule has 0 heterocycles. The summed E-state index contributed by atoms with van der Waals surface area (Å²) in [6.07, 6.45) is 0.146. The first-order chi connectivity index (χ1) is 3.41. The Kier molecular flexibility index (Phi) is 3.59. The van der Waals surface area contributed by atoms with Crippen LogP contribution in [0.5, 0.6) is 0 Å². The van der Waals surface area contributed by atoms with Crippen LogP contribution in [0.3, 0.4) is 0 Å². The van der Waals surface area contributed by atoms with Crippen molar-refractivity contribution in [3.63, 3.8) is 0 Å². The molecule has 0 amide bonds. The summed E-state index contributed by atoms with van der Waals surface area (Å²) in [4.78, 5) is 0. The summed E-state index contributed by atoms with van der Waals surface area (Å²) in [5.74, 6) is 4.39. The van der Waals surface area contributed by atoms with Gasteiger partial charge in [-0.2, -0.15) is 10.5 Å². The molecule has 0 atom stereocenters. The van der Waals surface area contributed by atoms with Crippen LogP contribution in [0.15, 0.2) is 0 Å². The van der Waals surface area contributed by atoms with Crippen LogP contribution < -0.4 is 0 Å². The highest BCUT2D eigenvalue weighted by Crippen LogP contribution is 1.63. The lowest BCUT2D eigenvalue weighted by molar-refractivity contribution is 1.40. The van der Waals surface area contributed by atoms with Crippen LogP contribution in [0.4, 0.5) is 0 Å². The average Bonchev–Trinajstić information content (AvgIpc) is 1.69. The summed E-state index contributed by atoms with van der Waals surface area (Å²) in [5.41, 5.74) is 0. The van der Waals surface area contributed by atoms with Gasteiger partial charge in [-0.1, -0.05) is 5.92 Å². The molecule has 0 aromatic rings. The van der Waals surface area contributed by atoms with Gasteiger partial charge in [0, 0.05) is 5.92 Å². The third kappa shape index (κ3) is 4.54. The van der Waals surface area contributed by atoms with E-state index in [4.69, 9.17) is 10.5 Å². The standard InChI is InChI=1S/C5H2N2/c6-4-2-1-3-5-7/h2H2. The normalized spacial score (nSPS) is 4.29. The van der Waals surface area contributed by atoms with E-state index >= 15 is 0 Å². The SMILES string of the molecule is N#CC#CCC#N. The topological polar surface area (TPSA) is 47.6 Å². The second kappa shape index (κ2) is 4.54. The van der Waals surface area contributed by atoms with E-state index in [1.54, 1.807) is 12.1 Å². The fourth-order valence-electron chi connectivity index (χ4n) is 0.123. The Labute approximate surface area is 42.0 Å². The Hall–Kier alpha value is -1.46. The van der Waals surface area contributed by atoms with Gasteiger partial charge in [0.05, 0.1) is 12.5 Å². The van der Waals surface area contributed by atoms with Gasteiger partial charge in [0.25, 0.3) is 0 Å². The zero-order valence-corrected chi connectivity index (χ0v) is 3.60. The summed E-state index contributed by atoms with van der Waals surface area (Å²) in [7, 11) is 0. The quantitative estimate of drug-likeness (QED) is 0.405. The van der Waals surface area contributed by atoms with Gasteiger partial charge in [0.2, 0.25) is 0 Å². The number of rotatable bonds is 0. The van der Waals surface area contributed by atoms with Gasteiger partial charge < -0.3 is 0 Å². The van der Waals surface area contributed by atoms with E-state index in [0.29, 0.717) is 0 Å². The molecule has 0 aliphatic carbocycles. The molecule has 0 saturated heterocycles. The van der Waals surface area contributed by atoms with E-state index in [9.17, 15) is 0 Å². The first kappa shape index (κ1) is 5.54. The zero-order chi connectivity index (χ0) is 5.54. The van der Waals surface area contributed by atoms with Gasteiger partial charge >= 0.3 is 0 Å².